The zero-order chi connectivity index (χ0) is 16.8. The highest BCUT2D eigenvalue weighted by Crippen LogP contribution is 2.15. The maximum absolute atomic E-state index is 10.9. The second-order valence-electron chi connectivity index (χ2n) is 4.64. The quantitative estimate of drug-likeness (QED) is 0.861. The molecule has 0 saturated heterocycles. The van der Waals surface area contributed by atoms with Gasteiger partial charge >= 0.3 is 0 Å². The number of pyridine rings is 2. The minimum atomic E-state index is -3.08. The molecule has 0 spiro atoms. The lowest BCUT2D eigenvalue weighted by Crippen LogP contribution is -1.97. The third kappa shape index (κ3) is 5.69. The fourth-order valence-electron chi connectivity index (χ4n) is 1.49. The zero-order valence-corrected chi connectivity index (χ0v) is 14.1. The van der Waals surface area contributed by atoms with Crippen LogP contribution in [0.5, 0.6) is 11.8 Å². The van der Waals surface area contributed by atoms with E-state index in [1.165, 1.54) is 12.5 Å². The summed E-state index contributed by atoms with van der Waals surface area (Å²) in [7, 11) is 0.0870. The first-order valence-corrected chi connectivity index (χ1v) is 8.34. The van der Waals surface area contributed by atoms with E-state index in [2.05, 4.69) is 9.97 Å². The van der Waals surface area contributed by atoms with Crippen molar-refractivity contribution in [3.63, 3.8) is 0 Å². The molecule has 0 aliphatic heterocycles. The Morgan fingerprint density at radius 3 is 1.91 bits per heavy atom. The highest BCUT2D eigenvalue weighted by molar-refractivity contribution is 7.90. The summed E-state index contributed by atoms with van der Waals surface area (Å²) in [6, 6.07) is 6.93. The Kier molecular flexibility index (Phi) is 6.30. The molecule has 0 aliphatic rings. The van der Waals surface area contributed by atoms with Gasteiger partial charge in [-0.3, -0.25) is 4.98 Å². The van der Waals surface area contributed by atoms with Crippen molar-refractivity contribution in [2.24, 2.45) is 0 Å². The largest absolute Gasteiger partial charge is 0.481 e. The molecule has 2 aromatic heterocycles. The third-order valence-corrected chi connectivity index (χ3v) is 3.75. The van der Waals surface area contributed by atoms with Gasteiger partial charge in [-0.2, -0.15) is 4.98 Å². The predicted molar refractivity (Wildman–Crippen MR) is 84.2 cm³/mol. The van der Waals surface area contributed by atoms with E-state index in [0.717, 1.165) is 11.3 Å². The number of aromatic nitrogens is 2. The van der Waals surface area contributed by atoms with Crippen LogP contribution >= 0.6 is 0 Å². The van der Waals surface area contributed by atoms with Gasteiger partial charge in [0.15, 0.2) is 9.84 Å². The minimum absolute atomic E-state index is 0.267. The summed E-state index contributed by atoms with van der Waals surface area (Å²) in [5.41, 5.74) is 1.89. The Labute approximate surface area is 131 Å². The molecule has 2 rings (SSSR count). The molecule has 6 nitrogen and oxygen atoms in total. The summed E-state index contributed by atoms with van der Waals surface area (Å²) in [5, 5.41) is 0. The van der Waals surface area contributed by atoms with Crippen LogP contribution in [0.2, 0.25) is 0 Å². The lowest BCUT2D eigenvalue weighted by atomic mass is 10.3. The summed E-state index contributed by atoms with van der Waals surface area (Å²) in [6.07, 6.45) is 2.53. The molecular formula is C15H20N2O4S. The van der Waals surface area contributed by atoms with Crippen molar-refractivity contribution in [2.45, 2.75) is 18.7 Å². The standard InChI is InChI=1S/C8H11NO2.C7H9NO2S/c1-6-4-7(10-2)9-8(5-6)11-3;1-6-3-4-7(5-8-6)11(2,9)10/h4-5H,1-3H3;3-5H,1-2H3. The molecule has 0 bridgehead atoms. The Bertz CT molecular complexity index is 691. The number of aryl methyl sites for hydroxylation is 2. The van der Waals surface area contributed by atoms with E-state index in [1.54, 1.807) is 26.4 Å². The smallest absolute Gasteiger partial charge is 0.216 e. The number of hydrogen-bond donors (Lipinski definition) is 0. The van der Waals surface area contributed by atoms with E-state index in [-0.39, 0.29) is 4.90 Å². The topological polar surface area (TPSA) is 78.4 Å². The van der Waals surface area contributed by atoms with Crippen LogP contribution in [0, 0.1) is 13.8 Å². The second-order valence-corrected chi connectivity index (χ2v) is 6.65. The highest BCUT2D eigenvalue weighted by Gasteiger charge is 2.05. The average Bonchev–Trinajstić information content (AvgIpc) is 2.46. The number of ether oxygens (including phenoxy) is 2. The number of nitrogens with zero attached hydrogens (tertiary/aromatic N) is 2. The number of methoxy groups -OCH3 is 2. The average molecular weight is 324 g/mol. The van der Waals surface area contributed by atoms with Crippen LogP contribution in [-0.2, 0) is 9.84 Å². The van der Waals surface area contributed by atoms with Gasteiger partial charge in [0.05, 0.1) is 19.1 Å². The normalized spacial score (nSPS) is 10.4. The van der Waals surface area contributed by atoms with E-state index in [1.807, 2.05) is 26.0 Å². The molecule has 2 heterocycles. The first-order chi connectivity index (χ1) is 10.3. The number of rotatable bonds is 3. The lowest BCUT2D eigenvalue weighted by Gasteiger charge is -2.03. The molecule has 7 heteroatoms. The molecule has 0 amide bonds. The van der Waals surface area contributed by atoms with Gasteiger partial charge in [0.25, 0.3) is 0 Å². The van der Waals surface area contributed by atoms with Crippen molar-refractivity contribution < 1.29 is 17.9 Å². The summed E-state index contributed by atoms with van der Waals surface area (Å²) < 4.78 is 31.7. The van der Waals surface area contributed by atoms with Crippen LogP contribution in [0.4, 0.5) is 0 Å². The molecule has 120 valence electrons. The minimum Gasteiger partial charge on any atom is -0.481 e. The van der Waals surface area contributed by atoms with Crippen molar-refractivity contribution in [3.05, 3.63) is 41.7 Å². The SMILES string of the molecule is COc1cc(C)cc(OC)n1.Cc1ccc(S(C)(=O)=O)cn1. The molecule has 22 heavy (non-hydrogen) atoms. The lowest BCUT2D eigenvalue weighted by molar-refractivity contribution is 0.364. The van der Waals surface area contributed by atoms with Gasteiger partial charge in [-0.25, -0.2) is 8.42 Å². The summed E-state index contributed by atoms with van der Waals surface area (Å²) in [6.45, 7) is 3.78. The first-order valence-electron chi connectivity index (χ1n) is 6.45. The molecule has 0 N–H and O–H groups in total. The van der Waals surface area contributed by atoms with E-state index >= 15 is 0 Å². The summed E-state index contributed by atoms with van der Waals surface area (Å²) in [4.78, 5) is 8.16. The number of sulfone groups is 1. The van der Waals surface area contributed by atoms with E-state index < -0.39 is 9.84 Å². The molecule has 0 aliphatic carbocycles. The molecule has 0 aromatic carbocycles. The van der Waals surface area contributed by atoms with Gasteiger partial charge in [0, 0.05) is 30.3 Å². The highest BCUT2D eigenvalue weighted by atomic mass is 32.2. The van der Waals surface area contributed by atoms with Crippen molar-refractivity contribution in [1.29, 1.82) is 0 Å². The maximum atomic E-state index is 10.9. The molecule has 0 atom stereocenters. The van der Waals surface area contributed by atoms with Crippen LogP contribution in [0.25, 0.3) is 0 Å². The van der Waals surface area contributed by atoms with Gasteiger partial charge in [-0.05, 0) is 31.5 Å². The monoisotopic (exact) mass is 324 g/mol. The second kappa shape index (κ2) is 7.74. The van der Waals surface area contributed by atoms with E-state index in [0.29, 0.717) is 11.8 Å². The fraction of sp³-hybridized carbons (Fsp3) is 0.333. The summed E-state index contributed by atoms with van der Waals surface area (Å²) in [5.74, 6) is 1.17. The molecule has 0 fully saturated rings. The Hall–Kier alpha value is -2.15. The van der Waals surface area contributed by atoms with E-state index in [4.69, 9.17) is 9.47 Å². The van der Waals surface area contributed by atoms with Crippen LogP contribution in [0.15, 0.2) is 35.4 Å². The third-order valence-electron chi connectivity index (χ3n) is 2.65. The predicted octanol–water partition coefficient (Wildman–Crippen LogP) is 2.20. The molecule has 0 radical (unpaired) electrons. The van der Waals surface area contributed by atoms with Gasteiger partial charge in [0.2, 0.25) is 11.8 Å². The Morgan fingerprint density at radius 2 is 1.55 bits per heavy atom. The molecule has 2 aromatic rings. The molecular weight excluding hydrogens is 304 g/mol. The zero-order valence-electron chi connectivity index (χ0n) is 13.3. The van der Waals surface area contributed by atoms with Gasteiger partial charge in [-0.15, -0.1) is 0 Å². The van der Waals surface area contributed by atoms with Crippen molar-refractivity contribution in [1.82, 2.24) is 9.97 Å². The van der Waals surface area contributed by atoms with Gasteiger partial charge in [0.1, 0.15) is 0 Å². The van der Waals surface area contributed by atoms with E-state index in [9.17, 15) is 8.42 Å². The van der Waals surface area contributed by atoms with Crippen LogP contribution in [-0.4, -0.2) is 38.9 Å². The van der Waals surface area contributed by atoms with Crippen molar-refractivity contribution in [2.75, 3.05) is 20.5 Å². The summed E-state index contributed by atoms with van der Waals surface area (Å²) >= 11 is 0. The number of hydrogen-bond acceptors (Lipinski definition) is 6. The van der Waals surface area contributed by atoms with Gasteiger partial charge in [-0.1, -0.05) is 0 Å². The van der Waals surface area contributed by atoms with Crippen molar-refractivity contribution >= 4 is 9.84 Å². The fourth-order valence-corrected chi connectivity index (χ4v) is 2.05. The first kappa shape index (κ1) is 17.9. The van der Waals surface area contributed by atoms with Crippen molar-refractivity contribution in [3.8, 4) is 11.8 Å². The van der Waals surface area contributed by atoms with Crippen LogP contribution in [0.1, 0.15) is 11.3 Å². The Morgan fingerprint density at radius 1 is 1.00 bits per heavy atom. The van der Waals surface area contributed by atoms with Crippen LogP contribution < -0.4 is 9.47 Å². The van der Waals surface area contributed by atoms with Gasteiger partial charge < -0.3 is 9.47 Å². The van der Waals surface area contributed by atoms with Crippen LogP contribution in [0.3, 0.4) is 0 Å². The molecule has 0 unspecified atom stereocenters. The molecule has 0 saturated carbocycles. The maximum Gasteiger partial charge on any atom is 0.216 e. The Balaban J connectivity index is 0.000000220.